The molecule has 0 aliphatic carbocycles. The van der Waals surface area contributed by atoms with Gasteiger partial charge in [0.1, 0.15) is 34.6 Å². The van der Waals surface area contributed by atoms with E-state index in [4.69, 9.17) is 52.1 Å². The quantitative estimate of drug-likeness (QED) is 0.103. The van der Waals surface area contributed by atoms with Crippen LogP contribution in [0.3, 0.4) is 0 Å². The number of fused-ring (bicyclic) bond motifs is 9. The molecule has 1 unspecified atom stereocenters. The van der Waals surface area contributed by atoms with Gasteiger partial charge in [0.2, 0.25) is 0 Å². The molecule has 0 saturated carbocycles. The Bertz CT molecular complexity index is 5460. The Morgan fingerprint density at radius 2 is 0.602 bits per heavy atom. The van der Waals surface area contributed by atoms with Crippen molar-refractivity contribution in [2.24, 2.45) is 0 Å². The monoisotopic (exact) mass is 1520 g/mol. The number of nitrogens with zero attached hydrogens (tertiary/aromatic N) is 4. The number of halogens is 3. The molecule has 0 bridgehead atoms. The first kappa shape index (κ1) is 73.8. The number of methoxy groups -OCH3 is 4. The lowest BCUT2D eigenvalue weighted by molar-refractivity contribution is 0.122. The maximum absolute atomic E-state index is 15.0. The second-order valence-corrected chi connectivity index (χ2v) is 28.7. The van der Waals surface area contributed by atoms with Crippen LogP contribution in [0, 0.1) is 17.5 Å². The highest BCUT2D eigenvalue weighted by molar-refractivity contribution is 6.05. The van der Waals surface area contributed by atoms with Gasteiger partial charge in [-0.15, -0.1) is 0 Å². The van der Waals surface area contributed by atoms with Crippen molar-refractivity contribution in [3.8, 4) is 40.2 Å². The largest absolute Gasteiger partial charge is 0.497 e. The SMILES string of the molecule is COc1ccc(C2(c3ccc(OC)c(F)c3)C=Cc3c(cc(N4CCOCC4)c4ccccc34)O2)cc1F.COc1ccc(C2(c3ccc(OC)cc3)C=Cc3c(cc(N4CCOCC4)c4ccccc34)O2)cc1.Fc1cccc(C2(c3ccc(N4CCOCC4)cc3)C=Cc3c(cc(N4CCOCC4)c4ccccc34)O2)c1. The summed E-state index contributed by atoms with van der Waals surface area (Å²) in [6, 6.07) is 72.4. The normalized spacial score (nSPS) is 17.9. The molecule has 0 N–H and O–H groups in total. The summed E-state index contributed by atoms with van der Waals surface area (Å²) in [6.45, 7) is 12.3. The van der Waals surface area contributed by atoms with Gasteiger partial charge in [0.15, 0.2) is 39.9 Å². The molecule has 0 amide bonds. The molecule has 0 spiro atoms. The van der Waals surface area contributed by atoms with Gasteiger partial charge in [0.25, 0.3) is 0 Å². The number of ether oxygens (including phenoxy) is 11. The average molecular weight is 1520 g/mol. The lowest BCUT2D eigenvalue weighted by atomic mass is 9.82. The summed E-state index contributed by atoms with van der Waals surface area (Å²) in [5.41, 5.74) is 9.26. The van der Waals surface area contributed by atoms with Crippen LogP contribution in [-0.4, -0.2) is 134 Å². The Morgan fingerprint density at radius 3 is 0.938 bits per heavy atom. The van der Waals surface area contributed by atoms with Gasteiger partial charge in [0.05, 0.1) is 81.3 Å². The smallest absolute Gasteiger partial charge is 0.178 e. The fourth-order valence-corrected chi connectivity index (χ4v) is 16.6. The summed E-state index contributed by atoms with van der Waals surface area (Å²) in [6.07, 6.45) is 12.4. The van der Waals surface area contributed by atoms with Gasteiger partial charge in [-0.2, -0.15) is 0 Å². The van der Waals surface area contributed by atoms with Crippen molar-refractivity contribution in [1.29, 1.82) is 0 Å². The summed E-state index contributed by atoms with van der Waals surface area (Å²) in [5, 5.41) is 6.90. The van der Waals surface area contributed by atoms with Crippen LogP contribution in [0.2, 0.25) is 0 Å². The van der Waals surface area contributed by atoms with E-state index in [1.54, 1.807) is 50.6 Å². The number of hydrogen-bond donors (Lipinski definition) is 0. The van der Waals surface area contributed by atoms with Crippen LogP contribution in [0.4, 0.5) is 35.9 Å². The standard InChI is InChI=1S/C33H31FN2O3.C31H27F2NO4.C31H29NO4/c34-26-5-3-4-25(22-26)33(24-8-10-27(11-9-24)35-14-18-37-19-15-35)13-12-30-28-6-1-2-7-29(28)31(23-32(30)39-33)36-16-20-38-21-17-36;1-35-28-9-7-20(17-25(28)32)31(21-8-10-29(36-2)26(33)18-21)12-11-24-22-5-3-4-6-23(22)27(19-30(24)38-31)34-13-15-37-16-14-34;1-33-24-11-7-22(8-12-24)31(23-9-13-25(34-2)14-10-23)16-15-28-26-5-3-4-6-27(26)29(21-30(28)36-31)32-17-19-35-20-18-32/h1-13,22-23H,14-21H2;3-12,17-19H,13-16H2,1-2H3;3-16,21H,17-20H2,1-2H3. The van der Waals surface area contributed by atoms with Crippen molar-refractivity contribution in [3.05, 3.63) is 310 Å². The third kappa shape index (κ3) is 14.2. The van der Waals surface area contributed by atoms with Gasteiger partial charge in [-0.05, 0) is 125 Å². The predicted molar refractivity (Wildman–Crippen MR) is 440 cm³/mol. The van der Waals surface area contributed by atoms with Crippen molar-refractivity contribution >= 4 is 73.3 Å². The molecular formula is C95H87F3N4O11. The van der Waals surface area contributed by atoms with Gasteiger partial charge < -0.3 is 71.7 Å². The zero-order chi connectivity index (χ0) is 77.1. The Labute approximate surface area is 655 Å². The molecule has 4 fully saturated rings. The number of benzene rings is 12. The number of anilines is 4. The van der Waals surface area contributed by atoms with Crippen LogP contribution in [0.1, 0.15) is 50.1 Å². The fraction of sp³-hybridized carbons (Fsp3) is 0.242. The average Bonchev–Trinajstić information content (AvgIpc) is 0.740. The maximum atomic E-state index is 15.0. The van der Waals surface area contributed by atoms with Crippen LogP contribution in [0.5, 0.6) is 40.2 Å². The summed E-state index contributed by atoms with van der Waals surface area (Å²) < 4.78 is 109. The molecule has 18 heteroatoms. The molecule has 12 aromatic carbocycles. The van der Waals surface area contributed by atoms with E-state index in [9.17, 15) is 13.2 Å². The highest BCUT2D eigenvalue weighted by Crippen LogP contribution is 2.52. The van der Waals surface area contributed by atoms with E-state index >= 15 is 0 Å². The Hall–Kier alpha value is -11.9. The molecule has 113 heavy (non-hydrogen) atoms. The van der Waals surface area contributed by atoms with E-state index in [-0.39, 0.29) is 17.3 Å². The fourth-order valence-electron chi connectivity index (χ4n) is 16.6. The van der Waals surface area contributed by atoms with Crippen molar-refractivity contribution in [1.82, 2.24) is 0 Å². The topological polar surface area (TPSA) is 114 Å². The first-order valence-electron chi connectivity index (χ1n) is 38.4. The summed E-state index contributed by atoms with van der Waals surface area (Å²) >= 11 is 0. The van der Waals surface area contributed by atoms with E-state index in [1.807, 2.05) is 60.7 Å². The zero-order valence-electron chi connectivity index (χ0n) is 63.6. The molecule has 7 aliphatic rings. The molecule has 12 aromatic rings. The second-order valence-electron chi connectivity index (χ2n) is 28.7. The maximum Gasteiger partial charge on any atom is 0.178 e. The summed E-state index contributed by atoms with van der Waals surface area (Å²) in [5.74, 6) is 2.78. The third-order valence-electron chi connectivity index (χ3n) is 22.5. The molecule has 0 radical (unpaired) electrons. The molecule has 7 heterocycles. The molecule has 7 aliphatic heterocycles. The Balaban J connectivity index is 0.000000123. The van der Waals surface area contributed by atoms with Crippen molar-refractivity contribution < 1.29 is 65.3 Å². The first-order chi connectivity index (χ1) is 55.5. The third-order valence-corrected chi connectivity index (χ3v) is 22.5. The van der Waals surface area contributed by atoms with Crippen molar-refractivity contribution in [2.75, 3.05) is 153 Å². The molecule has 4 saturated heterocycles. The van der Waals surface area contributed by atoms with Crippen LogP contribution < -0.4 is 52.8 Å². The lowest BCUT2D eigenvalue weighted by Gasteiger charge is -2.38. The number of hydrogen-bond acceptors (Lipinski definition) is 15. The predicted octanol–water partition coefficient (Wildman–Crippen LogP) is 18.4. The minimum Gasteiger partial charge on any atom is -0.497 e. The zero-order valence-corrected chi connectivity index (χ0v) is 63.6. The Morgan fingerprint density at radius 1 is 0.292 bits per heavy atom. The van der Waals surface area contributed by atoms with E-state index in [1.165, 1.54) is 54.3 Å². The van der Waals surface area contributed by atoms with Crippen LogP contribution in [0.15, 0.2) is 243 Å². The molecular weight excluding hydrogens is 1430 g/mol. The molecule has 15 nitrogen and oxygen atoms in total. The van der Waals surface area contributed by atoms with Crippen molar-refractivity contribution in [2.45, 2.75) is 16.8 Å². The van der Waals surface area contributed by atoms with Crippen LogP contribution in [0.25, 0.3) is 50.5 Å². The van der Waals surface area contributed by atoms with Crippen LogP contribution in [-0.2, 0) is 35.8 Å². The van der Waals surface area contributed by atoms with E-state index in [0.29, 0.717) is 43.3 Å². The van der Waals surface area contributed by atoms with Gasteiger partial charge in [-0.25, -0.2) is 13.2 Å². The molecule has 1 atom stereocenters. The Kier molecular flexibility index (Phi) is 20.9. The van der Waals surface area contributed by atoms with Crippen LogP contribution >= 0.6 is 0 Å². The minimum atomic E-state index is -1.29. The summed E-state index contributed by atoms with van der Waals surface area (Å²) in [4.78, 5) is 9.39. The van der Waals surface area contributed by atoms with Gasteiger partial charge >= 0.3 is 0 Å². The molecule has 0 aromatic heterocycles. The highest BCUT2D eigenvalue weighted by Gasteiger charge is 2.43. The van der Waals surface area contributed by atoms with Crippen molar-refractivity contribution in [3.63, 3.8) is 0 Å². The first-order valence-corrected chi connectivity index (χ1v) is 38.4. The summed E-state index contributed by atoms with van der Waals surface area (Å²) in [7, 11) is 6.19. The molecule has 19 rings (SSSR count). The van der Waals surface area contributed by atoms with Gasteiger partial charge in [-0.3, -0.25) is 0 Å². The number of morpholine rings is 4. The highest BCUT2D eigenvalue weighted by atomic mass is 19.1. The van der Waals surface area contributed by atoms with E-state index < -0.39 is 28.4 Å². The van der Waals surface area contributed by atoms with E-state index in [0.717, 1.165) is 174 Å². The van der Waals surface area contributed by atoms with Gasteiger partial charge in [0, 0.05) is 160 Å². The second kappa shape index (κ2) is 32.0. The molecule has 574 valence electrons. The minimum absolute atomic E-state index is 0.116. The van der Waals surface area contributed by atoms with E-state index in [2.05, 4.69) is 165 Å². The lowest BCUT2D eigenvalue weighted by Crippen LogP contribution is -2.37. The van der Waals surface area contributed by atoms with Gasteiger partial charge in [-0.1, -0.05) is 133 Å². The number of rotatable bonds is 14.